The zero-order chi connectivity index (χ0) is 16.8. The number of para-hydroxylation sites is 1. The highest BCUT2D eigenvalue weighted by molar-refractivity contribution is 7.99. The van der Waals surface area contributed by atoms with E-state index in [4.69, 9.17) is 10.5 Å². The Morgan fingerprint density at radius 1 is 1.13 bits per heavy atom. The van der Waals surface area contributed by atoms with Gasteiger partial charge in [-0.3, -0.25) is 0 Å². The Kier molecular flexibility index (Phi) is 5.90. The van der Waals surface area contributed by atoms with Gasteiger partial charge in [0.2, 0.25) is 0 Å². The molecule has 0 spiro atoms. The summed E-state index contributed by atoms with van der Waals surface area (Å²) in [5, 5.41) is 9.80. The second-order valence-corrected chi connectivity index (χ2v) is 6.00. The number of carbonyl (C=O) groups excluding carboxylic acids is 1. The lowest BCUT2D eigenvalue weighted by atomic mass is 10.1. The molecule has 2 aromatic rings. The lowest BCUT2D eigenvalue weighted by Crippen LogP contribution is -2.27. The number of aliphatic hydroxyl groups is 1. The van der Waals surface area contributed by atoms with Crippen molar-refractivity contribution in [2.75, 3.05) is 20.0 Å². The summed E-state index contributed by atoms with van der Waals surface area (Å²) in [5.41, 5.74) is 7.33. The number of esters is 1. The SMILES string of the molecule is COC(=O)[C@@H](O)[C@@H](Sc1ccccc1N)c1ccc(OC)cc1. The fourth-order valence-corrected chi connectivity index (χ4v) is 3.25. The third kappa shape index (κ3) is 4.18. The highest BCUT2D eigenvalue weighted by Gasteiger charge is 2.30. The number of nitrogens with two attached hydrogens (primary N) is 1. The van der Waals surface area contributed by atoms with Crippen molar-refractivity contribution in [3.63, 3.8) is 0 Å². The van der Waals surface area contributed by atoms with Crippen LogP contribution in [0, 0.1) is 0 Å². The molecule has 2 atom stereocenters. The van der Waals surface area contributed by atoms with E-state index in [2.05, 4.69) is 4.74 Å². The molecule has 0 aliphatic heterocycles. The molecule has 2 aromatic carbocycles. The van der Waals surface area contributed by atoms with Gasteiger partial charge in [-0.1, -0.05) is 24.3 Å². The van der Waals surface area contributed by atoms with Gasteiger partial charge in [0.1, 0.15) is 5.75 Å². The van der Waals surface area contributed by atoms with Gasteiger partial charge in [-0.25, -0.2) is 4.79 Å². The molecule has 6 heteroatoms. The van der Waals surface area contributed by atoms with Crippen LogP contribution in [0.1, 0.15) is 10.8 Å². The van der Waals surface area contributed by atoms with Crippen LogP contribution < -0.4 is 10.5 Å². The molecule has 2 rings (SSSR count). The van der Waals surface area contributed by atoms with Gasteiger partial charge in [0.15, 0.2) is 6.10 Å². The summed E-state index contributed by atoms with van der Waals surface area (Å²) in [4.78, 5) is 12.6. The number of carbonyl (C=O) groups is 1. The van der Waals surface area contributed by atoms with E-state index in [1.807, 2.05) is 30.3 Å². The molecule has 122 valence electrons. The van der Waals surface area contributed by atoms with Crippen molar-refractivity contribution >= 4 is 23.4 Å². The van der Waals surface area contributed by atoms with Crippen LogP contribution in [-0.4, -0.2) is 31.4 Å². The number of hydrogen-bond donors (Lipinski definition) is 2. The molecule has 0 heterocycles. The Morgan fingerprint density at radius 3 is 2.35 bits per heavy atom. The van der Waals surface area contributed by atoms with Gasteiger partial charge in [-0.2, -0.15) is 0 Å². The Balaban J connectivity index is 2.34. The number of methoxy groups -OCH3 is 2. The van der Waals surface area contributed by atoms with Gasteiger partial charge >= 0.3 is 5.97 Å². The molecular formula is C17H19NO4S. The van der Waals surface area contributed by atoms with Gasteiger partial charge in [0.05, 0.1) is 19.5 Å². The number of nitrogen functional groups attached to an aromatic ring is 1. The fraction of sp³-hybridized carbons (Fsp3) is 0.235. The smallest absolute Gasteiger partial charge is 0.336 e. The number of rotatable bonds is 6. The van der Waals surface area contributed by atoms with Crippen molar-refractivity contribution in [1.29, 1.82) is 0 Å². The van der Waals surface area contributed by atoms with Crippen LogP contribution >= 0.6 is 11.8 Å². The van der Waals surface area contributed by atoms with E-state index in [9.17, 15) is 9.90 Å². The summed E-state index contributed by atoms with van der Waals surface area (Å²) >= 11 is 1.32. The summed E-state index contributed by atoms with van der Waals surface area (Å²) < 4.78 is 9.80. The topological polar surface area (TPSA) is 81.8 Å². The first-order chi connectivity index (χ1) is 11.1. The van der Waals surface area contributed by atoms with Gasteiger partial charge in [-0.05, 0) is 29.8 Å². The Labute approximate surface area is 139 Å². The molecule has 0 aromatic heterocycles. The summed E-state index contributed by atoms with van der Waals surface area (Å²) in [6.45, 7) is 0. The first kappa shape index (κ1) is 17.2. The molecule has 0 amide bonds. The number of thioether (sulfide) groups is 1. The largest absolute Gasteiger partial charge is 0.497 e. The van der Waals surface area contributed by atoms with E-state index in [-0.39, 0.29) is 0 Å². The maximum Gasteiger partial charge on any atom is 0.336 e. The van der Waals surface area contributed by atoms with Crippen LogP contribution in [0.25, 0.3) is 0 Å². The lowest BCUT2D eigenvalue weighted by molar-refractivity contribution is -0.150. The van der Waals surface area contributed by atoms with Gasteiger partial charge in [0.25, 0.3) is 0 Å². The Bertz CT molecular complexity index is 660. The summed E-state index contributed by atoms with van der Waals surface area (Å²) in [7, 11) is 2.83. The average molecular weight is 333 g/mol. The summed E-state index contributed by atoms with van der Waals surface area (Å²) in [6.07, 6.45) is -1.31. The maximum absolute atomic E-state index is 11.8. The van der Waals surface area contributed by atoms with Crippen LogP contribution in [0.4, 0.5) is 5.69 Å². The first-order valence-corrected chi connectivity index (χ1v) is 7.85. The number of benzene rings is 2. The molecule has 3 N–H and O–H groups in total. The normalized spacial score (nSPS) is 13.2. The molecule has 0 bridgehead atoms. The third-order valence-electron chi connectivity index (χ3n) is 3.35. The Morgan fingerprint density at radius 2 is 1.78 bits per heavy atom. The Hall–Kier alpha value is -2.18. The monoisotopic (exact) mass is 333 g/mol. The molecular weight excluding hydrogens is 314 g/mol. The van der Waals surface area contributed by atoms with Crippen LogP contribution in [0.15, 0.2) is 53.4 Å². The molecule has 23 heavy (non-hydrogen) atoms. The molecule has 0 aliphatic carbocycles. The first-order valence-electron chi connectivity index (χ1n) is 6.97. The summed E-state index contributed by atoms with van der Waals surface area (Å²) in [5.74, 6) is 0.0112. The van der Waals surface area contributed by atoms with Gasteiger partial charge in [0, 0.05) is 10.6 Å². The van der Waals surface area contributed by atoms with Gasteiger partial charge in [-0.15, -0.1) is 11.8 Å². The van der Waals surface area contributed by atoms with E-state index in [0.717, 1.165) is 10.5 Å². The molecule has 0 unspecified atom stereocenters. The predicted molar refractivity (Wildman–Crippen MR) is 90.5 cm³/mol. The van der Waals surface area contributed by atoms with Crippen LogP contribution in [0.3, 0.4) is 0 Å². The van der Waals surface area contributed by atoms with Crippen molar-refractivity contribution < 1.29 is 19.4 Å². The highest BCUT2D eigenvalue weighted by Crippen LogP contribution is 2.40. The zero-order valence-corrected chi connectivity index (χ0v) is 13.7. The number of anilines is 1. The summed E-state index contributed by atoms with van der Waals surface area (Å²) in [6, 6.07) is 14.5. The maximum atomic E-state index is 11.8. The van der Waals surface area contributed by atoms with Crippen molar-refractivity contribution in [2.24, 2.45) is 0 Å². The van der Waals surface area contributed by atoms with Crippen molar-refractivity contribution in [1.82, 2.24) is 0 Å². The second-order valence-electron chi connectivity index (χ2n) is 4.82. The molecule has 5 nitrogen and oxygen atoms in total. The van der Waals surface area contributed by atoms with E-state index >= 15 is 0 Å². The number of ether oxygens (including phenoxy) is 2. The van der Waals surface area contributed by atoms with E-state index in [1.165, 1.54) is 18.9 Å². The standard InChI is InChI=1S/C17H19NO4S/c1-21-12-9-7-11(8-10-12)16(15(19)17(20)22-2)23-14-6-4-3-5-13(14)18/h3-10,15-16,19H,18H2,1-2H3/t15-,16-/m0/s1. The predicted octanol–water partition coefficient (Wildman–Crippen LogP) is 2.64. The van der Waals surface area contributed by atoms with Crippen LogP contribution in [-0.2, 0) is 9.53 Å². The molecule has 0 aliphatic rings. The van der Waals surface area contributed by atoms with Crippen molar-refractivity contribution in [3.8, 4) is 5.75 Å². The highest BCUT2D eigenvalue weighted by atomic mass is 32.2. The van der Waals surface area contributed by atoms with E-state index < -0.39 is 17.3 Å². The molecule has 0 saturated carbocycles. The fourth-order valence-electron chi connectivity index (χ4n) is 2.08. The number of hydrogen-bond acceptors (Lipinski definition) is 6. The average Bonchev–Trinajstić information content (AvgIpc) is 2.60. The quantitative estimate of drug-likeness (QED) is 0.480. The minimum atomic E-state index is -1.31. The zero-order valence-electron chi connectivity index (χ0n) is 12.9. The molecule has 0 fully saturated rings. The lowest BCUT2D eigenvalue weighted by Gasteiger charge is -2.22. The van der Waals surface area contributed by atoms with Gasteiger partial charge < -0.3 is 20.3 Å². The number of aliphatic hydroxyl groups excluding tert-OH is 1. The second kappa shape index (κ2) is 7.89. The van der Waals surface area contributed by atoms with Crippen molar-refractivity contribution in [2.45, 2.75) is 16.2 Å². The minimum Gasteiger partial charge on any atom is -0.497 e. The van der Waals surface area contributed by atoms with Crippen molar-refractivity contribution in [3.05, 3.63) is 54.1 Å². The van der Waals surface area contributed by atoms with Crippen LogP contribution in [0.5, 0.6) is 5.75 Å². The third-order valence-corrected chi connectivity index (χ3v) is 4.76. The van der Waals surface area contributed by atoms with E-state index in [0.29, 0.717) is 11.4 Å². The van der Waals surface area contributed by atoms with E-state index in [1.54, 1.807) is 25.3 Å². The minimum absolute atomic E-state index is 0.543. The molecule has 0 radical (unpaired) electrons. The molecule has 0 saturated heterocycles. The van der Waals surface area contributed by atoms with Crippen LogP contribution in [0.2, 0.25) is 0 Å².